The van der Waals surface area contributed by atoms with Gasteiger partial charge in [0.15, 0.2) is 0 Å². The summed E-state index contributed by atoms with van der Waals surface area (Å²) in [5.41, 5.74) is 1.15. The van der Waals surface area contributed by atoms with Gasteiger partial charge in [0.05, 0.1) is 0 Å². The number of hydrogen-bond acceptors (Lipinski definition) is 2. The highest BCUT2D eigenvalue weighted by molar-refractivity contribution is 6.30. The van der Waals surface area contributed by atoms with E-state index in [1.165, 1.54) is 25.9 Å². The second-order valence-electron chi connectivity index (χ2n) is 4.96. The molecule has 94 valence electrons. The van der Waals surface area contributed by atoms with Gasteiger partial charge < -0.3 is 10.2 Å². The largest absolute Gasteiger partial charge is 0.384 e. The fourth-order valence-corrected chi connectivity index (χ4v) is 2.34. The van der Waals surface area contributed by atoms with Crippen LogP contribution in [0, 0.1) is 5.92 Å². The summed E-state index contributed by atoms with van der Waals surface area (Å²) < 4.78 is 0. The van der Waals surface area contributed by atoms with Gasteiger partial charge in [-0.05, 0) is 56.1 Å². The Bertz CT molecular complexity index is 329. The minimum atomic E-state index is 0.792. The first-order valence-corrected chi connectivity index (χ1v) is 6.83. The first kappa shape index (κ1) is 12.7. The number of hydrogen-bond donors (Lipinski definition) is 1. The molecule has 1 aliphatic rings. The van der Waals surface area contributed by atoms with Gasteiger partial charge in [0.2, 0.25) is 0 Å². The lowest BCUT2D eigenvalue weighted by atomic mass is 9.99. The van der Waals surface area contributed by atoms with Crippen molar-refractivity contribution in [3.8, 4) is 0 Å². The van der Waals surface area contributed by atoms with Crippen LogP contribution in [0.25, 0.3) is 0 Å². The zero-order valence-electron chi connectivity index (χ0n) is 10.5. The van der Waals surface area contributed by atoms with Gasteiger partial charge in [0.25, 0.3) is 0 Å². The van der Waals surface area contributed by atoms with Gasteiger partial charge in [-0.15, -0.1) is 0 Å². The van der Waals surface area contributed by atoms with Gasteiger partial charge in [-0.1, -0.05) is 18.5 Å². The van der Waals surface area contributed by atoms with E-state index < -0.39 is 0 Å². The molecule has 0 bridgehead atoms. The van der Waals surface area contributed by atoms with Crippen LogP contribution in [0.4, 0.5) is 5.69 Å². The summed E-state index contributed by atoms with van der Waals surface area (Å²) in [5, 5.41) is 4.22. The number of piperidine rings is 1. The summed E-state index contributed by atoms with van der Waals surface area (Å²) in [4.78, 5) is 2.54. The highest BCUT2D eigenvalue weighted by atomic mass is 35.5. The fraction of sp³-hybridized carbons (Fsp3) is 0.571. The molecule has 1 heterocycles. The third-order valence-corrected chi connectivity index (χ3v) is 3.73. The molecule has 0 amide bonds. The van der Waals surface area contributed by atoms with Gasteiger partial charge in [0.1, 0.15) is 0 Å². The summed E-state index contributed by atoms with van der Waals surface area (Å²) in [6, 6.07) is 7.90. The van der Waals surface area contributed by atoms with Gasteiger partial charge in [-0.25, -0.2) is 0 Å². The van der Waals surface area contributed by atoms with Crippen molar-refractivity contribution in [1.82, 2.24) is 4.90 Å². The number of benzene rings is 1. The van der Waals surface area contributed by atoms with E-state index in [1.807, 2.05) is 24.3 Å². The highest BCUT2D eigenvalue weighted by Crippen LogP contribution is 2.16. The van der Waals surface area contributed by atoms with Crippen LogP contribution in [0.3, 0.4) is 0 Å². The number of anilines is 1. The molecule has 0 aliphatic carbocycles. The molecule has 0 aromatic heterocycles. The van der Waals surface area contributed by atoms with E-state index in [0.29, 0.717) is 0 Å². The maximum Gasteiger partial charge on any atom is 0.0407 e. The Morgan fingerprint density at radius 2 is 1.88 bits per heavy atom. The molecular weight excluding hydrogens is 232 g/mol. The molecule has 0 spiro atoms. The van der Waals surface area contributed by atoms with E-state index in [9.17, 15) is 0 Å². The van der Waals surface area contributed by atoms with Crippen LogP contribution in [-0.4, -0.2) is 31.1 Å². The average Bonchev–Trinajstić information content (AvgIpc) is 2.34. The average molecular weight is 253 g/mol. The molecule has 1 aromatic rings. The van der Waals surface area contributed by atoms with E-state index in [4.69, 9.17) is 11.6 Å². The van der Waals surface area contributed by atoms with Crippen molar-refractivity contribution in [1.29, 1.82) is 0 Å². The molecule has 1 fully saturated rings. The molecule has 3 heteroatoms. The molecule has 1 aromatic carbocycles. The SMILES string of the molecule is CC1CCN(CCNc2ccc(Cl)cc2)CC1. The van der Waals surface area contributed by atoms with Crippen molar-refractivity contribution < 1.29 is 0 Å². The minimum Gasteiger partial charge on any atom is -0.384 e. The third kappa shape index (κ3) is 4.21. The summed E-state index contributed by atoms with van der Waals surface area (Å²) in [7, 11) is 0. The van der Waals surface area contributed by atoms with Crippen LogP contribution in [-0.2, 0) is 0 Å². The molecule has 17 heavy (non-hydrogen) atoms. The van der Waals surface area contributed by atoms with Gasteiger partial charge >= 0.3 is 0 Å². The number of nitrogens with zero attached hydrogens (tertiary/aromatic N) is 1. The zero-order chi connectivity index (χ0) is 12.1. The quantitative estimate of drug-likeness (QED) is 0.883. The normalized spacial score (nSPS) is 18.2. The second-order valence-corrected chi connectivity index (χ2v) is 5.39. The number of halogens is 1. The Kier molecular flexibility index (Phi) is 4.69. The summed E-state index contributed by atoms with van der Waals surface area (Å²) in [6.07, 6.45) is 2.70. The lowest BCUT2D eigenvalue weighted by Crippen LogP contribution is -2.36. The number of likely N-dealkylation sites (tertiary alicyclic amines) is 1. The van der Waals surface area contributed by atoms with Crippen molar-refractivity contribution in [2.75, 3.05) is 31.5 Å². The molecule has 1 saturated heterocycles. The van der Waals surface area contributed by atoms with Crippen molar-refractivity contribution in [3.63, 3.8) is 0 Å². The smallest absolute Gasteiger partial charge is 0.0407 e. The van der Waals surface area contributed by atoms with Crippen LogP contribution in [0.15, 0.2) is 24.3 Å². The molecule has 1 aliphatic heterocycles. The maximum atomic E-state index is 5.85. The maximum absolute atomic E-state index is 5.85. The molecular formula is C14H21ClN2. The molecule has 0 atom stereocenters. The van der Waals surface area contributed by atoms with Gasteiger partial charge in [0, 0.05) is 23.8 Å². The van der Waals surface area contributed by atoms with Crippen LogP contribution >= 0.6 is 11.6 Å². The first-order chi connectivity index (χ1) is 8.24. The van der Waals surface area contributed by atoms with Crippen molar-refractivity contribution >= 4 is 17.3 Å². The molecule has 1 N–H and O–H groups in total. The Hall–Kier alpha value is -0.730. The molecule has 0 unspecified atom stereocenters. The van der Waals surface area contributed by atoms with E-state index in [2.05, 4.69) is 17.1 Å². The van der Waals surface area contributed by atoms with E-state index in [0.717, 1.165) is 29.7 Å². The predicted octanol–water partition coefficient (Wildman–Crippen LogP) is 3.48. The zero-order valence-corrected chi connectivity index (χ0v) is 11.2. The van der Waals surface area contributed by atoms with Crippen molar-refractivity contribution in [2.45, 2.75) is 19.8 Å². The highest BCUT2D eigenvalue weighted by Gasteiger charge is 2.14. The lowest BCUT2D eigenvalue weighted by Gasteiger charge is -2.30. The van der Waals surface area contributed by atoms with E-state index in [-0.39, 0.29) is 0 Å². The van der Waals surface area contributed by atoms with Crippen LogP contribution < -0.4 is 5.32 Å². The molecule has 0 saturated carbocycles. The number of rotatable bonds is 4. The Morgan fingerprint density at radius 3 is 2.53 bits per heavy atom. The van der Waals surface area contributed by atoms with Crippen molar-refractivity contribution in [3.05, 3.63) is 29.3 Å². The monoisotopic (exact) mass is 252 g/mol. The van der Waals surface area contributed by atoms with Crippen molar-refractivity contribution in [2.24, 2.45) is 5.92 Å². The molecule has 0 radical (unpaired) electrons. The summed E-state index contributed by atoms with van der Waals surface area (Å²) in [5.74, 6) is 0.912. The lowest BCUT2D eigenvalue weighted by molar-refractivity contribution is 0.199. The first-order valence-electron chi connectivity index (χ1n) is 6.46. The summed E-state index contributed by atoms with van der Waals surface area (Å²) in [6.45, 7) is 7.00. The van der Waals surface area contributed by atoms with Gasteiger partial charge in [-0.3, -0.25) is 0 Å². The fourth-order valence-electron chi connectivity index (χ4n) is 2.21. The molecule has 2 rings (SSSR count). The topological polar surface area (TPSA) is 15.3 Å². The second kappa shape index (κ2) is 6.27. The minimum absolute atomic E-state index is 0.792. The van der Waals surface area contributed by atoms with Crippen LogP contribution in [0.2, 0.25) is 5.02 Å². The summed E-state index contributed by atoms with van der Waals surface area (Å²) >= 11 is 5.85. The Balaban J connectivity index is 1.67. The molecule has 2 nitrogen and oxygen atoms in total. The van der Waals surface area contributed by atoms with Crippen LogP contribution in [0.5, 0.6) is 0 Å². The van der Waals surface area contributed by atoms with Gasteiger partial charge in [-0.2, -0.15) is 0 Å². The number of nitrogens with one attached hydrogen (secondary N) is 1. The standard InChI is InChI=1S/C14H21ClN2/c1-12-6-9-17(10-7-12)11-8-16-14-4-2-13(15)3-5-14/h2-5,12,16H,6-11H2,1H3. The third-order valence-electron chi connectivity index (χ3n) is 3.48. The van der Waals surface area contributed by atoms with E-state index >= 15 is 0 Å². The Labute approximate surface area is 109 Å². The predicted molar refractivity (Wildman–Crippen MR) is 74.8 cm³/mol. The Morgan fingerprint density at radius 1 is 1.24 bits per heavy atom. The van der Waals surface area contributed by atoms with Crippen LogP contribution in [0.1, 0.15) is 19.8 Å². The van der Waals surface area contributed by atoms with E-state index in [1.54, 1.807) is 0 Å².